The molecule has 2 aliphatic rings. The number of hydrogen-bond acceptors (Lipinski definition) is 2. The van der Waals surface area contributed by atoms with Gasteiger partial charge in [0, 0.05) is 19.5 Å². The van der Waals surface area contributed by atoms with Crippen molar-refractivity contribution in [3.05, 3.63) is 0 Å². The quantitative estimate of drug-likeness (QED) is 0.832. The number of amides is 1. The number of rotatable bonds is 4. The van der Waals surface area contributed by atoms with Crippen LogP contribution in [-0.4, -0.2) is 37.0 Å². The summed E-state index contributed by atoms with van der Waals surface area (Å²) in [5.41, 5.74) is 0. The number of nitrogens with zero attached hydrogens (tertiary/aromatic N) is 1. The Hall–Kier alpha value is -0.570. The highest BCUT2D eigenvalue weighted by atomic mass is 16.2. The molecule has 0 saturated carbocycles. The van der Waals surface area contributed by atoms with Gasteiger partial charge in [-0.3, -0.25) is 4.79 Å². The fourth-order valence-electron chi connectivity index (χ4n) is 3.27. The van der Waals surface area contributed by atoms with Crippen LogP contribution in [-0.2, 0) is 4.79 Å². The molecule has 104 valence electrons. The summed E-state index contributed by atoms with van der Waals surface area (Å²) in [6.45, 7) is 8.76. The number of piperidine rings is 1. The summed E-state index contributed by atoms with van der Waals surface area (Å²) in [5, 5.41) is 3.46. The van der Waals surface area contributed by atoms with Crippen LogP contribution >= 0.6 is 0 Å². The van der Waals surface area contributed by atoms with E-state index in [1.807, 2.05) is 0 Å². The van der Waals surface area contributed by atoms with Crippen molar-refractivity contribution in [1.82, 2.24) is 10.2 Å². The van der Waals surface area contributed by atoms with Gasteiger partial charge in [-0.05, 0) is 56.5 Å². The lowest BCUT2D eigenvalue weighted by atomic mass is 9.83. The van der Waals surface area contributed by atoms with Gasteiger partial charge in [-0.1, -0.05) is 13.8 Å². The SMILES string of the molecule is CC(C)CCC(=O)N1CCC(C2CCNC2)CC1. The van der Waals surface area contributed by atoms with Crippen LogP contribution in [0.2, 0.25) is 0 Å². The lowest BCUT2D eigenvalue weighted by Crippen LogP contribution is -2.40. The molecule has 3 heteroatoms. The van der Waals surface area contributed by atoms with E-state index in [0.29, 0.717) is 11.8 Å². The van der Waals surface area contributed by atoms with Crippen molar-refractivity contribution in [1.29, 1.82) is 0 Å². The first kappa shape index (κ1) is 13.9. The maximum absolute atomic E-state index is 12.0. The van der Waals surface area contributed by atoms with Gasteiger partial charge in [0.15, 0.2) is 0 Å². The summed E-state index contributed by atoms with van der Waals surface area (Å²) in [4.78, 5) is 14.1. The average molecular weight is 252 g/mol. The van der Waals surface area contributed by atoms with Gasteiger partial charge in [-0.15, -0.1) is 0 Å². The Morgan fingerprint density at radius 3 is 2.50 bits per heavy atom. The van der Waals surface area contributed by atoms with Crippen LogP contribution in [0.5, 0.6) is 0 Å². The van der Waals surface area contributed by atoms with Crippen molar-refractivity contribution >= 4 is 5.91 Å². The van der Waals surface area contributed by atoms with Crippen LogP contribution in [0.1, 0.15) is 46.0 Å². The van der Waals surface area contributed by atoms with Gasteiger partial charge in [0.25, 0.3) is 0 Å². The number of hydrogen-bond donors (Lipinski definition) is 1. The molecule has 2 heterocycles. The van der Waals surface area contributed by atoms with Gasteiger partial charge in [0.05, 0.1) is 0 Å². The maximum atomic E-state index is 12.0. The molecule has 2 aliphatic heterocycles. The zero-order chi connectivity index (χ0) is 13.0. The lowest BCUT2D eigenvalue weighted by molar-refractivity contribution is -0.133. The third-order valence-electron chi connectivity index (χ3n) is 4.59. The number of likely N-dealkylation sites (tertiary alicyclic amines) is 1. The summed E-state index contributed by atoms with van der Waals surface area (Å²) in [5.74, 6) is 2.75. The molecular weight excluding hydrogens is 224 g/mol. The van der Waals surface area contributed by atoms with Crippen LogP contribution in [0, 0.1) is 17.8 Å². The molecule has 3 nitrogen and oxygen atoms in total. The van der Waals surface area contributed by atoms with Gasteiger partial charge < -0.3 is 10.2 Å². The molecule has 2 rings (SSSR count). The molecule has 0 aromatic carbocycles. The number of nitrogens with one attached hydrogen (secondary N) is 1. The minimum absolute atomic E-state index is 0.381. The van der Waals surface area contributed by atoms with Crippen molar-refractivity contribution in [2.24, 2.45) is 17.8 Å². The average Bonchev–Trinajstić information content (AvgIpc) is 2.90. The first-order valence-electron chi connectivity index (χ1n) is 7.65. The highest BCUT2D eigenvalue weighted by Crippen LogP contribution is 2.29. The topological polar surface area (TPSA) is 32.3 Å². The first-order chi connectivity index (χ1) is 8.66. The van der Waals surface area contributed by atoms with E-state index < -0.39 is 0 Å². The van der Waals surface area contributed by atoms with Crippen molar-refractivity contribution < 1.29 is 4.79 Å². The minimum atomic E-state index is 0.381. The highest BCUT2D eigenvalue weighted by molar-refractivity contribution is 5.76. The molecule has 0 bridgehead atoms. The zero-order valence-electron chi connectivity index (χ0n) is 12.0. The third-order valence-corrected chi connectivity index (χ3v) is 4.59. The van der Waals surface area contributed by atoms with E-state index in [2.05, 4.69) is 24.1 Å². The predicted octanol–water partition coefficient (Wildman–Crippen LogP) is 2.27. The molecule has 1 N–H and O–H groups in total. The second-order valence-corrected chi connectivity index (χ2v) is 6.40. The Balaban J connectivity index is 1.70. The van der Waals surface area contributed by atoms with E-state index >= 15 is 0 Å². The van der Waals surface area contributed by atoms with Crippen molar-refractivity contribution in [2.75, 3.05) is 26.2 Å². The van der Waals surface area contributed by atoms with Crippen molar-refractivity contribution in [3.63, 3.8) is 0 Å². The third kappa shape index (κ3) is 3.71. The molecule has 0 aromatic heterocycles. The lowest BCUT2D eigenvalue weighted by Gasteiger charge is -2.34. The smallest absolute Gasteiger partial charge is 0.222 e. The second kappa shape index (κ2) is 6.55. The van der Waals surface area contributed by atoms with Crippen molar-refractivity contribution in [2.45, 2.75) is 46.0 Å². The molecule has 1 unspecified atom stereocenters. The van der Waals surface area contributed by atoms with Crippen LogP contribution < -0.4 is 5.32 Å². The van der Waals surface area contributed by atoms with Gasteiger partial charge in [0.2, 0.25) is 5.91 Å². The molecule has 18 heavy (non-hydrogen) atoms. The Kier molecular flexibility index (Phi) is 5.04. The van der Waals surface area contributed by atoms with Crippen LogP contribution in [0.15, 0.2) is 0 Å². The summed E-state index contributed by atoms with van der Waals surface area (Å²) in [6.07, 6.45) is 5.56. The van der Waals surface area contributed by atoms with Gasteiger partial charge in [-0.2, -0.15) is 0 Å². The van der Waals surface area contributed by atoms with Crippen LogP contribution in [0.25, 0.3) is 0 Å². The fraction of sp³-hybridized carbons (Fsp3) is 0.933. The van der Waals surface area contributed by atoms with Crippen molar-refractivity contribution in [3.8, 4) is 0 Å². The Morgan fingerprint density at radius 2 is 1.94 bits per heavy atom. The summed E-state index contributed by atoms with van der Waals surface area (Å²) in [7, 11) is 0. The first-order valence-corrected chi connectivity index (χ1v) is 7.65. The Bertz CT molecular complexity index is 264. The molecule has 0 aliphatic carbocycles. The standard InChI is InChI=1S/C15H28N2O/c1-12(2)3-4-15(18)17-9-6-13(7-10-17)14-5-8-16-11-14/h12-14,16H,3-11H2,1-2H3. The van der Waals surface area contributed by atoms with E-state index in [1.165, 1.54) is 32.4 Å². The molecule has 0 spiro atoms. The fourth-order valence-corrected chi connectivity index (χ4v) is 3.27. The summed E-state index contributed by atoms with van der Waals surface area (Å²) < 4.78 is 0. The maximum Gasteiger partial charge on any atom is 0.222 e. The monoisotopic (exact) mass is 252 g/mol. The second-order valence-electron chi connectivity index (χ2n) is 6.40. The molecular formula is C15H28N2O. The van der Waals surface area contributed by atoms with Gasteiger partial charge in [-0.25, -0.2) is 0 Å². The van der Waals surface area contributed by atoms with Gasteiger partial charge >= 0.3 is 0 Å². The Morgan fingerprint density at radius 1 is 1.22 bits per heavy atom. The molecule has 1 amide bonds. The largest absolute Gasteiger partial charge is 0.343 e. The van der Waals surface area contributed by atoms with E-state index in [9.17, 15) is 4.79 Å². The summed E-state index contributed by atoms with van der Waals surface area (Å²) >= 11 is 0. The summed E-state index contributed by atoms with van der Waals surface area (Å²) in [6, 6.07) is 0. The molecule has 2 fully saturated rings. The predicted molar refractivity (Wildman–Crippen MR) is 74.4 cm³/mol. The Labute approximate surface area is 111 Å². The van der Waals surface area contributed by atoms with E-state index in [-0.39, 0.29) is 0 Å². The van der Waals surface area contributed by atoms with E-state index in [1.54, 1.807) is 0 Å². The molecule has 2 saturated heterocycles. The molecule has 0 radical (unpaired) electrons. The van der Waals surface area contributed by atoms with Crippen LogP contribution in [0.4, 0.5) is 0 Å². The number of carbonyl (C=O) groups is 1. The number of carbonyl (C=O) groups excluding carboxylic acids is 1. The highest BCUT2D eigenvalue weighted by Gasteiger charge is 2.29. The van der Waals surface area contributed by atoms with Gasteiger partial charge in [0.1, 0.15) is 0 Å². The molecule has 0 aromatic rings. The van der Waals surface area contributed by atoms with E-state index in [0.717, 1.165) is 37.8 Å². The molecule has 1 atom stereocenters. The van der Waals surface area contributed by atoms with E-state index in [4.69, 9.17) is 0 Å². The zero-order valence-corrected chi connectivity index (χ0v) is 12.0. The van der Waals surface area contributed by atoms with Crippen LogP contribution in [0.3, 0.4) is 0 Å². The normalized spacial score (nSPS) is 25.9. The minimum Gasteiger partial charge on any atom is -0.343 e.